The first-order valence-corrected chi connectivity index (χ1v) is 5.22. The minimum Gasteiger partial charge on any atom is -0.315 e. The SMILES string of the molecule is Cc1cccc(C(=O)Cn2ccnc2C#N)c1. The lowest BCUT2D eigenvalue weighted by Gasteiger charge is -2.03. The Hall–Kier alpha value is -2.41. The lowest BCUT2D eigenvalue weighted by atomic mass is 10.1. The molecule has 0 aliphatic carbocycles. The lowest BCUT2D eigenvalue weighted by Crippen LogP contribution is -2.11. The summed E-state index contributed by atoms with van der Waals surface area (Å²) in [6, 6.07) is 9.35. The zero-order valence-electron chi connectivity index (χ0n) is 9.42. The van der Waals surface area contributed by atoms with Gasteiger partial charge in [-0.3, -0.25) is 4.79 Å². The van der Waals surface area contributed by atoms with Gasteiger partial charge in [-0.05, 0) is 13.0 Å². The molecule has 17 heavy (non-hydrogen) atoms. The van der Waals surface area contributed by atoms with E-state index in [2.05, 4.69) is 4.98 Å². The number of aryl methyl sites for hydroxylation is 1. The van der Waals surface area contributed by atoms with Crippen molar-refractivity contribution in [1.29, 1.82) is 5.26 Å². The third-order valence-electron chi connectivity index (χ3n) is 2.47. The van der Waals surface area contributed by atoms with Crippen LogP contribution in [0.2, 0.25) is 0 Å². The maximum atomic E-state index is 12.0. The molecule has 0 fully saturated rings. The second kappa shape index (κ2) is 4.62. The summed E-state index contributed by atoms with van der Waals surface area (Å²) >= 11 is 0. The van der Waals surface area contributed by atoms with Gasteiger partial charge in [-0.1, -0.05) is 23.8 Å². The molecule has 0 spiro atoms. The highest BCUT2D eigenvalue weighted by Gasteiger charge is 2.09. The standard InChI is InChI=1S/C13H11N3O/c1-10-3-2-4-11(7-10)12(17)9-16-6-5-15-13(16)8-14/h2-7H,9H2,1H3. The van der Waals surface area contributed by atoms with Crippen molar-refractivity contribution in [3.05, 3.63) is 53.6 Å². The molecule has 0 atom stereocenters. The second-order valence-electron chi connectivity index (χ2n) is 3.78. The van der Waals surface area contributed by atoms with Crippen LogP contribution in [0.5, 0.6) is 0 Å². The van der Waals surface area contributed by atoms with Crippen LogP contribution < -0.4 is 0 Å². The summed E-state index contributed by atoms with van der Waals surface area (Å²) in [6.45, 7) is 2.08. The number of carbonyl (C=O) groups excluding carboxylic acids is 1. The molecule has 1 heterocycles. The summed E-state index contributed by atoms with van der Waals surface area (Å²) in [5, 5.41) is 8.79. The molecule has 0 radical (unpaired) electrons. The fourth-order valence-corrected chi connectivity index (χ4v) is 1.61. The molecule has 0 aliphatic heterocycles. The Morgan fingerprint density at radius 2 is 2.35 bits per heavy atom. The van der Waals surface area contributed by atoms with E-state index in [4.69, 9.17) is 5.26 Å². The zero-order valence-corrected chi connectivity index (χ0v) is 9.42. The van der Waals surface area contributed by atoms with Crippen LogP contribution in [0.4, 0.5) is 0 Å². The van der Waals surface area contributed by atoms with E-state index in [1.807, 2.05) is 31.2 Å². The van der Waals surface area contributed by atoms with Crippen LogP contribution in [0.1, 0.15) is 21.7 Å². The van der Waals surface area contributed by atoms with E-state index in [0.29, 0.717) is 5.56 Å². The fourth-order valence-electron chi connectivity index (χ4n) is 1.61. The van der Waals surface area contributed by atoms with Crippen LogP contribution in [-0.2, 0) is 6.54 Å². The number of carbonyl (C=O) groups is 1. The highest BCUT2D eigenvalue weighted by Crippen LogP contribution is 2.07. The van der Waals surface area contributed by atoms with Crippen molar-refractivity contribution >= 4 is 5.78 Å². The molecule has 2 rings (SSSR count). The van der Waals surface area contributed by atoms with Gasteiger partial charge in [-0.25, -0.2) is 4.98 Å². The third-order valence-corrected chi connectivity index (χ3v) is 2.47. The van der Waals surface area contributed by atoms with E-state index in [9.17, 15) is 4.79 Å². The zero-order chi connectivity index (χ0) is 12.3. The monoisotopic (exact) mass is 225 g/mol. The average molecular weight is 225 g/mol. The van der Waals surface area contributed by atoms with E-state index in [1.165, 1.54) is 6.20 Å². The van der Waals surface area contributed by atoms with Crippen molar-refractivity contribution in [3.8, 4) is 6.07 Å². The Morgan fingerprint density at radius 1 is 1.53 bits per heavy atom. The number of rotatable bonds is 3. The maximum Gasteiger partial charge on any atom is 0.213 e. The molecule has 84 valence electrons. The molecule has 4 heteroatoms. The first kappa shape index (κ1) is 11.1. The Bertz CT molecular complexity index is 593. The Morgan fingerprint density at radius 3 is 3.06 bits per heavy atom. The van der Waals surface area contributed by atoms with E-state index in [1.54, 1.807) is 16.8 Å². The summed E-state index contributed by atoms with van der Waals surface area (Å²) in [7, 11) is 0. The highest BCUT2D eigenvalue weighted by atomic mass is 16.1. The number of nitrogens with zero attached hydrogens (tertiary/aromatic N) is 3. The molecule has 0 saturated heterocycles. The minimum absolute atomic E-state index is 0.0248. The second-order valence-corrected chi connectivity index (χ2v) is 3.78. The van der Waals surface area contributed by atoms with Crippen LogP contribution >= 0.6 is 0 Å². The van der Waals surface area contributed by atoms with Gasteiger partial charge in [0.2, 0.25) is 5.82 Å². The van der Waals surface area contributed by atoms with Crippen molar-refractivity contribution in [2.45, 2.75) is 13.5 Å². The molecule has 0 amide bonds. The molecule has 0 saturated carbocycles. The van der Waals surface area contributed by atoms with Crippen molar-refractivity contribution in [2.24, 2.45) is 0 Å². The molecule has 0 aliphatic rings. The molecular formula is C13H11N3O. The van der Waals surface area contributed by atoms with Crippen LogP contribution in [0.15, 0.2) is 36.7 Å². The topological polar surface area (TPSA) is 58.7 Å². The minimum atomic E-state index is -0.0248. The van der Waals surface area contributed by atoms with E-state index >= 15 is 0 Å². The number of imidazole rings is 1. The molecule has 4 nitrogen and oxygen atoms in total. The summed E-state index contributed by atoms with van der Waals surface area (Å²) in [6.07, 6.45) is 3.15. The summed E-state index contributed by atoms with van der Waals surface area (Å²) in [5.41, 5.74) is 1.70. The molecule has 1 aromatic heterocycles. The third kappa shape index (κ3) is 2.40. The van der Waals surface area contributed by atoms with Gasteiger partial charge in [-0.2, -0.15) is 5.26 Å². The number of nitriles is 1. The van der Waals surface area contributed by atoms with Crippen molar-refractivity contribution < 1.29 is 4.79 Å². The molecule has 0 N–H and O–H groups in total. The number of benzene rings is 1. The van der Waals surface area contributed by atoms with Crippen LogP contribution in [0.25, 0.3) is 0 Å². The Balaban J connectivity index is 2.21. The molecular weight excluding hydrogens is 214 g/mol. The van der Waals surface area contributed by atoms with E-state index < -0.39 is 0 Å². The van der Waals surface area contributed by atoms with E-state index in [0.717, 1.165) is 5.56 Å². The molecule has 2 aromatic rings. The highest BCUT2D eigenvalue weighted by molar-refractivity contribution is 5.96. The number of hydrogen-bond donors (Lipinski definition) is 0. The number of hydrogen-bond acceptors (Lipinski definition) is 3. The first-order valence-electron chi connectivity index (χ1n) is 5.22. The van der Waals surface area contributed by atoms with Gasteiger partial charge in [0.15, 0.2) is 5.78 Å². The predicted molar refractivity (Wildman–Crippen MR) is 62.5 cm³/mol. The number of aromatic nitrogens is 2. The van der Waals surface area contributed by atoms with Gasteiger partial charge in [0.1, 0.15) is 6.07 Å². The largest absolute Gasteiger partial charge is 0.315 e. The summed E-state index contributed by atoms with van der Waals surface area (Å²) in [4.78, 5) is 15.8. The number of Topliss-reactive ketones (excluding diaryl/α,β-unsaturated/α-hetero) is 1. The van der Waals surface area contributed by atoms with Crippen molar-refractivity contribution in [1.82, 2.24) is 9.55 Å². The van der Waals surface area contributed by atoms with Crippen molar-refractivity contribution in [2.75, 3.05) is 0 Å². The fraction of sp³-hybridized carbons (Fsp3) is 0.154. The van der Waals surface area contributed by atoms with Gasteiger partial charge in [0.25, 0.3) is 0 Å². The molecule has 0 bridgehead atoms. The van der Waals surface area contributed by atoms with Gasteiger partial charge in [0, 0.05) is 18.0 Å². The quantitative estimate of drug-likeness (QED) is 0.750. The van der Waals surface area contributed by atoms with Crippen molar-refractivity contribution in [3.63, 3.8) is 0 Å². The lowest BCUT2D eigenvalue weighted by molar-refractivity contribution is 0.0971. The van der Waals surface area contributed by atoms with E-state index in [-0.39, 0.29) is 18.2 Å². The van der Waals surface area contributed by atoms with Crippen LogP contribution in [0, 0.1) is 18.3 Å². The van der Waals surface area contributed by atoms with Crippen LogP contribution in [-0.4, -0.2) is 15.3 Å². The van der Waals surface area contributed by atoms with Gasteiger partial charge < -0.3 is 4.57 Å². The predicted octanol–water partition coefficient (Wildman–Crippen LogP) is 1.95. The van der Waals surface area contributed by atoms with Gasteiger partial charge in [-0.15, -0.1) is 0 Å². The Labute approximate surface area is 99.1 Å². The van der Waals surface area contributed by atoms with Gasteiger partial charge in [0.05, 0.1) is 6.54 Å². The smallest absolute Gasteiger partial charge is 0.213 e. The Kier molecular flexibility index (Phi) is 3.01. The number of ketones is 1. The molecule has 1 aromatic carbocycles. The normalized spacial score (nSPS) is 9.88. The van der Waals surface area contributed by atoms with Gasteiger partial charge >= 0.3 is 0 Å². The maximum absolute atomic E-state index is 12.0. The average Bonchev–Trinajstić information content (AvgIpc) is 2.76. The summed E-state index contributed by atoms with van der Waals surface area (Å²) < 4.78 is 1.55. The molecule has 0 unspecified atom stereocenters. The van der Waals surface area contributed by atoms with Crippen LogP contribution in [0.3, 0.4) is 0 Å². The summed E-state index contributed by atoms with van der Waals surface area (Å²) in [5.74, 6) is 0.231. The first-order chi connectivity index (χ1) is 8.20.